The highest BCUT2D eigenvalue weighted by molar-refractivity contribution is 8.00. The van der Waals surface area contributed by atoms with Crippen molar-refractivity contribution in [2.45, 2.75) is 41.4 Å². The van der Waals surface area contributed by atoms with Gasteiger partial charge < -0.3 is 34.0 Å². The summed E-state index contributed by atoms with van der Waals surface area (Å²) in [4.78, 5) is 31.3. The number of hydrogen-bond acceptors (Lipinski definition) is 14. The SMILES string of the molecule is Nc1nc2c(ncn2[C@@H]2S[C@H](COPOC[C@H]3[C@H](F)[C@H](n4cnc5c(N)ccnc54)O[C@@H]3COP)[C@H](F)[C@H]2OS)c(=O)[nH]1. The maximum absolute atomic E-state index is 15.7. The van der Waals surface area contributed by atoms with E-state index >= 15 is 8.78 Å². The molecule has 5 N–H and O–H groups in total. The van der Waals surface area contributed by atoms with E-state index in [4.69, 9.17) is 34.0 Å². The molecule has 21 heteroatoms. The summed E-state index contributed by atoms with van der Waals surface area (Å²) in [6.07, 6.45) is -1.27. The van der Waals surface area contributed by atoms with Crippen LogP contribution in [0.15, 0.2) is 29.7 Å². The maximum atomic E-state index is 15.7. The first-order valence-electron chi connectivity index (χ1n) is 12.8. The molecule has 10 atom stereocenters. The van der Waals surface area contributed by atoms with E-state index in [1.807, 2.05) is 0 Å². The number of halogens is 2. The van der Waals surface area contributed by atoms with E-state index in [1.54, 1.807) is 6.07 Å². The minimum Gasteiger partial charge on any atom is -0.397 e. The quantitative estimate of drug-likeness (QED) is 0.0782. The molecule has 0 saturated carbocycles. The van der Waals surface area contributed by atoms with Crippen molar-refractivity contribution in [3.63, 3.8) is 0 Å². The van der Waals surface area contributed by atoms with Crippen molar-refractivity contribution in [2.24, 2.45) is 5.92 Å². The van der Waals surface area contributed by atoms with Crippen molar-refractivity contribution in [1.29, 1.82) is 0 Å². The van der Waals surface area contributed by atoms with E-state index in [0.29, 0.717) is 16.9 Å². The Labute approximate surface area is 256 Å². The molecule has 0 spiro atoms. The maximum Gasteiger partial charge on any atom is 0.280 e. The molecule has 2 unspecified atom stereocenters. The van der Waals surface area contributed by atoms with Gasteiger partial charge in [0.05, 0.1) is 49.5 Å². The summed E-state index contributed by atoms with van der Waals surface area (Å²) in [6.45, 7) is 0.0274. The average molecular weight is 678 g/mol. The molecule has 232 valence electrons. The van der Waals surface area contributed by atoms with Gasteiger partial charge >= 0.3 is 0 Å². The van der Waals surface area contributed by atoms with E-state index in [-0.39, 0.29) is 36.9 Å². The van der Waals surface area contributed by atoms with Gasteiger partial charge in [0.1, 0.15) is 23.2 Å². The molecule has 0 radical (unpaired) electrons. The molecular weight excluding hydrogens is 650 g/mol. The number of pyridine rings is 1. The van der Waals surface area contributed by atoms with E-state index < -0.39 is 61.9 Å². The van der Waals surface area contributed by atoms with E-state index in [0.717, 1.165) is 0 Å². The van der Waals surface area contributed by atoms with Gasteiger partial charge in [-0.3, -0.25) is 18.9 Å². The molecule has 0 amide bonds. The van der Waals surface area contributed by atoms with Crippen LogP contribution in [0.2, 0.25) is 0 Å². The Bertz CT molecular complexity index is 1650. The highest BCUT2D eigenvalue weighted by atomic mass is 32.2. The molecule has 43 heavy (non-hydrogen) atoms. The van der Waals surface area contributed by atoms with Crippen molar-refractivity contribution in [1.82, 2.24) is 34.1 Å². The smallest absolute Gasteiger partial charge is 0.280 e. The zero-order chi connectivity index (χ0) is 30.2. The summed E-state index contributed by atoms with van der Waals surface area (Å²) in [6, 6.07) is 1.61. The lowest BCUT2D eigenvalue weighted by Crippen LogP contribution is -2.30. The molecule has 2 fully saturated rings. The standard InChI is InChI=1S/C22H27F2N9O6P2S2/c23-12-8(10(4-35-40)38-20(12)32-6-28-14-9(25)1-2-27-17(14)32)3-36-41-37-5-11-13(24)16(39-42)21(43-11)33-7-29-15-18(33)30-22(26)31-19(15)34/h1-2,6-8,10-13,16,20-21,41-42H,3-5,40H2,(H2,25,27)(H3,26,30,31,34)/t8-,10-,11-,12+,13+,16-,20-,21-/m1/s1. The third-order valence-corrected chi connectivity index (χ3v) is 9.78. The lowest BCUT2D eigenvalue weighted by molar-refractivity contribution is -0.0332. The summed E-state index contributed by atoms with van der Waals surface area (Å²) in [5.74, 6) is -0.791. The topological polar surface area (TPSA) is 192 Å². The lowest BCUT2D eigenvalue weighted by Gasteiger charge is -2.19. The van der Waals surface area contributed by atoms with Crippen LogP contribution in [0, 0.1) is 5.92 Å². The van der Waals surface area contributed by atoms with Gasteiger partial charge in [-0.15, -0.1) is 11.8 Å². The number of aromatic amines is 1. The molecule has 2 saturated heterocycles. The van der Waals surface area contributed by atoms with Crippen LogP contribution in [-0.4, -0.2) is 83.7 Å². The summed E-state index contributed by atoms with van der Waals surface area (Å²) in [5.41, 5.74) is 12.7. The zero-order valence-corrected chi connectivity index (χ0v) is 25.9. The number of thioether (sulfide) groups is 1. The highest BCUT2D eigenvalue weighted by Crippen LogP contribution is 2.47. The van der Waals surface area contributed by atoms with Crippen molar-refractivity contribution in [3.05, 3.63) is 35.3 Å². The van der Waals surface area contributed by atoms with Gasteiger partial charge in [0, 0.05) is 21.6 Å². The van der Waals surface area contributed by atoms with Crippen molar-refractivity contribution < 1.29 is 31.3 Å². The number of hydrogen-bond donors (Lipinski definition) is 4. The average Bonchev–Trinajstić information content (AvgIpc) is 3.74. The largest absolute Gasteiger partial charge is 0.397 e. The number of nitrogens with one attached hydrogen (secondary N) is 1. The minimum atomic E-state index is -1.48. The zero-order valence-electron chi connectivity index (χ0n) is 22.0. The predicted octanol–water partition coefficient (Wildman–Crippen LogP) is 2.11. The Hall–Kier alpha value is -2.21. The molecule has 2 aliphatic rings. The van der Waals surface area contributed by atoms with Crippen LogP contribution >= 0.6 is 43.2 Å². The Kier molecular flexibility index (Phi) is 9.33. The number of fused-ring (bicyclic) bond motifs is 2. The second-order valence-electron chi connectivity index (χ2n) is 9.79. The van der Waals surface area contributed by atoms with Crippen LogP contribution in [0.1, 0.15) is 11.6 Å². The van der Waals surface area contributed by atoms with Gasteiger partial charge in [0.15, 0.2) is 38.2 Å². The third kappa shape index (κ3) is 5.82. The van der Waals surface area contributed by atoms with Crippen molar-refractivity contribution in [3.8, 4) is 0 Å². The number of rotatable bonds is 11. The first-order chi connectivity index (χ1) is 20.8. The summed E-state index contributed by atoms with van der Waals surface area (Å²) < 4.78 is 61.7. The summed E-state index contributed by atoms with van der Waals surface area (Å²) >= 11 is 5.07. The number of aromatic nitrogens is 7. The first kappa shape index (κ1) is 30.8. The predicted molar refractivity (Wildman–Crippen MR) is 162 cm³/mol. The normalized spacial score (nSPS) is 29.6. The Morgan fingerprint density at radius 1 is 1.09 bits per heavy atom. The number of H-pyrrole nitrogens is 1. The van der Waals surface area contributed by atoms with Gasteiger partial charge in [0.25, 0.3) is 5.56 Å². The number of nitrogens with two attached hydrogens (primary N) is 2. The van der Waals surface area contributed by atoms with Crippen molar-refractivity contribution >= 4 is 77.1 Å². The molecule has 15 nitrogen and oxygen atoms in total. The molecular formula is C22H27F2N9O6P2S2. The number of nitrogen functional groups attached to an aromatic ring is 2. The number of alkyl halides is 2. The molecule has 4 aromatic rings. The van der Waals surface area contributed by atoms with Gasteiger partial charge in [-0.1, -0.05) is 0 Å². The lowest BCUT2D eigenvalue weighted by atomic mass is 10.0. The van der Waals surface area contributed by atoms with E-state index in [2.05, 4.69) is 47.3 Å². The molecule has 0 aliphatic carbocycles. The summed E-state index contributed by atoms with van der Waals surface area (Å²) in [5, 5.41) is -1.32. The number of thiol groups is 1. The monoisotopic (exact) mass is 677 g/mol. The Balaban J connectivity index is 1.06. The van der Waals surface area contributed by atoms with Gasteiger partial charge in [-0.05, 0) is 19.0 Å². The highest BCUT2D eigenvalue weighted by Gasteiger charge is 2.48. The minimum absolute atomic E-state index is 0.0354. The molecule has 6 heterocycles. The molecule has 0 aromatic carbocycles. The molecule has 6 rings (SSSR count). The van der Waals surface area contributed by atoms with Gasteiger partial charge in [-0.2, -0.15) is 4.98 Å². The number of anilines is 2. The van der Waals surface area contributed by atoms with Gasteiger partial charge in [0.2, 0.25) is 5.95 Å². The first-order valence-corrected chi connectivity index (χ1v) is 15.4. The fourth-order valence-corrected chi connectivity index (χ4v) is 7.84. The number of nitrogens with zero attached hydrogens (tertiary/aromatic N) is 6. The van der Waals surface area contributed by atoms with Gasteiger partial charge in [-0.25, -0.2) is 23.7 Å². The van der Waals surface area contributed by atoms with Crippen LogP contribution in [0.3, 0.4) is 0 Å². The van der Waals surface area contributed by atoms with Crippen molar-refractivity contribution in [2.75, 3.05) is 31.3 Å². The Morgan fingerprint density at radius 3 is 2.65 bits per heavy atom. The van der Waals surface area contributed by atoms with Crippen LogP contribution < -0.4 is 17.0 Å². The van der Waals surface area contributed by atoms with Crippen LogP contribution in [0.25, 0.3) is 22.3 Å². The second-order valence-corrected chi connectivity index (χ2v) is 12.4. The fraction of sp³-hybridized carbons (Fsp3) is 0.500. The van der Waals surface area contributed by atoms with E-state index in [1.165, 1.54) is 39.7 Å². The Morgan fingerprint density at radius 2 is 1.86 bits per heavy atom. The van der Waals surface area contributed by atoms with Crippen LogP contribution in [0.5, 0.6) is 0 Å². The van der Waals surface area contributed by atoms with Crippen LogP contribution in [0.4, 0.5) is 20.4 Å². The second kappa shape index (κ2) is 13.0. The molecule has 0 bridgehead atoms. The van der Waals surface area contributed by atoms with Crippen LogP contribution in [-0.2, 0) is 22.5 Å². The fourth-order valence-electron chi connectivity index (χ4n) is 5.17. The molecule has 4 aromatic heterocycles. The number of ether oxygens (including phenoxy) is 1. The third-order valence-electron chi connectivity index (χ3n) is 7.25. The van der Waals surface area contributed by atoms with E-state index in [9.17, 15) is 4.79 Å². The molecule has 2 aliphatic heterocycles. The summed E-state index contributed by atoms with van der Waals surface area (Å²) in [7, 11) is 1.62. The number of imidazole rings is 2.